The summed E-state index contributed by atoms with van der Waals surface area (Å²) < 4.78 is 2.28. The maximum absolute atomic E-state index is 6.02. The van der Waals surface area contributed by atoms with Gasteiger partial charge in [0.2, 0.25) is 0 Å². The van der Waals surface area contributed by atoms with Gasteiger partial charge in [-0.05, 0) is 25.3 Å². The van der Waals surface area contributed by atoms with Crippen LogP contribution in [0.3, 0.4) is 0 Å². The highest BCUT2D eigenvalue weighted by Gasteiger charge is 2.25. The number of pyridine rings is 1. The van der Waals surface area contributed by atoms with Gasteiger partial charge in [0.25, 0.3) is 0 Å². The van der Waals surface area contributed by atoms with E-state index in [0.717, 1.165) is 35.8 Å². The Morgan fingerprint density at radius 2 is 2.28 bits per heavy atom. The first-order valence-corrected chi connectivity index (χ1v) is 6.37. The molecule has 0 spiro atoms. The van der Waals surface area contributed by atoms with Gasteiger partial charge in [0.15, 0.2) is 0 Å². The highest BCUT2D eigenvalue weighted by Crippen LogP contribution is 2.33. The number of rotatable bonds is 1. The second-order valence-corrected chi connectivity index (χ2v) is 5.11. The molecule has 3 N–H and O–H groups in total. The van der Waals surface area contributed by atoms with Gasteiger partial charge in [-0.15, -0.1) is 0 Å². The zero-order chi connectivity index (χ0) is 12.1. The van der Waals surface area contributed by atoms with Gasteiger partial charge in [-0.1, -0.05) is 0 Å². The Bertz CT molecular complexity index is 710. The zero-order valence-electron chi connectivity index (χ0n) is 10.0. The van der Waals surface area contributed by atoms with Crippen molar-refractivity contribution in [2.75, 3.05) is 0 Å². The largest absolute Gasteiger partial charge is 0.346 e. The molecular weight excluding hydrogens is 226 g/mol. The lowest BCUT2D eigenvalue weighted by Gasteiger charge is -2.13. The van der Waals surface area contributed by atoms with Crippen LogP contribution in [0.4, 0.5) is 0 Å². The van der Waals surface area contributed by atoms with E-state index in [0.29, 0.717) is 12.1 Å². The lowest BCUT2D eigenvalue weighted by atomic mass is 10.2. The summed E-state index contributed by atoms with van der Waals surface area (Å²) in [6.45, 7) is 0. The van der Waals surface area contributed by atoms with E-state index >= 15 is 0 Å². The van der Waals surface area contributed by atoms with Crippen LogP contribution in [-0.2, 0) is 0 Å². The fourth-order valence-electron chi connectivity index (χ4n) is 3.05. The monoisotopic (exact) mass is 241 g/mol. The molecule has 5 nitrogen and oxygen atoms in total. The molecule has 3 aromatic rings. The molecule has 5 heteroatoms. The molecule has 0 bridgehead atoms. The highest BCUT2D eigenvalue weighted by molar-refractivity contribution is 6.00. The fraction of sp³-hybridized carbons (Fsp3) is 0.385. The zero-order valence-corrected chi connectivity index (χ0v) is 10.0. The molecule has 2 atom stereocenters. The van der Waals surface area contributed by atoms with Crippen molar-refractivity contribution in [3.8, 4) is 0 Å². The SMILES string of the molecule is NC1CCC(n2cnc3cnc4[nH]ccc4c32)C1. The Morgan fingerprint density at radius 3 is 3.11 bits per heavy atom. The third-order valence-electron chi connectivity index (χ3n) is 3.96. The fourth-order valence-corrected chi connectivity index (χ4v) is 3.05. The Labute approximate surface area is 104 Å². The van der Waals surface area contributed by atoms with Crippen molar-refractivity contribution < 1.29 is 0 Å². The summed E-state index contributed by atoms with van der Waals surface area (Å²) in [5.41, 5.74) is 9.08. The van der Waals surface area contributed by atoms with Crippen molar-refractivity contribution in [1.82, 2.24) is 19.5 Å². The number of hydrogen-bond donors (Lipinski definition) is 2. The van der Waals surface area contributed by atoms with Crippen LogP contribution in [0.5, 0.6) is 0 Å². The standard InChI is InChI=1S/C13H15N5/c14-8-1-2-9(5-8)18-7-17-11-6-16-13-10(12(11)18)3-4-15-13/h3-4,6-9H,1-2,5,14H2,(H,15,16). The number of hydrogen-bond acceptors (Lipinski definition) is 3. The molecule has 1 aliphatic rings. The van der Waals surface area contributed by atoms with Crippen LogP contribution in [-0.4, -0.2) is 25.6 Å². The number of H-pyrrole nitrogens is 1. The maximum Gasteiger partial charge on any atom is 0.139 e. The number of fused-ring (bicyclic) bond motifs is 3. The van der Waals surface area contributed by atoms with Gasteiger partial charge in [0.05, 0.1) is 18.0 Å². The molecule has 92 valence electrons. The highest BCUT2D eigenvalue weighted by atomic mass is 15.1. The lowest BCUT2D eigenvalue weighted by molar-refractivity contribution is 0.523. The third kappa shape index (κ3) is 1.31. The first-order valence-electron chi connectivity index (χ1n) is 6.37. The van der Waals surface area contributed by atoms with Crippen LogP contribution in [0, 0.1) is 0 Å². The van der Waals surface area contributed by atoms with E-state index in [4.69, 9.17) is 5.73 Å². The van der Waals surface area contributed by atoms with E-state index in [1.807, 2.05) is 18.7 Å². The van der Waals surface area contributed by atoms with E-state index < -0.39 is 0 Å². The van der Waals surface area contributed by atoms with Gasteiger partial charge in [-0.2, -0.15) is 0 Å². The molecule has 18 heavy (non-hydrogen) atoms. The van der Waals surface area contributed by atoms with Crippen molar-refractivity contribution in [2.24, 2.45) is 5.73 Å². The van der Waals surface area contributed by atoms with Crippen LogP contribution in [0.2, 0.25) is 0 Å². The number of aromatic amines is 1. The molecule has 1 aliphatic carbocycles. The van der Waals surface area contributed by atoms with Crippen LogP contribution >= 0.6 is 0 Å². The van der Waals surface area contributed by atoms with Crippen molar-refractivity contribution >= 4 is 22.1 Å². The predicted octanol–water partition coefficient (Wildman–Crippen LogP) is 1.96. The molecular formula is C13H15N5. The second kappa shape index (κ2) is 3.55. The summed E-state index contributed by atoms with van der Waals surface area (Å²) in [5.74, 6) is 0. The summed E-state index contributed by atoms with van der Waals surface area (Å²) in [5, 5.41) is 1.14. The van der Waals surface area contributed by atoms with Crippen LogP contribution in [0.25, 0.3) is 22.1 Å². The van der Waals surface area contributed by atoms with Gasteiger partial charge in [-0.3, -0.25) is 0 Å². The minimum atomic E-state index is 0.330. The maximum atomic E-state index is 6.02. The Hall–Kier alpha value is -1.88. The van der Waals surface area contributed by atoms with Crippen LogP contribution < -0.4 is 5.73 Å². The lowest BCUT2D eigenvalue weighted by Crippen LogP contribution is -2.15. The van der Waals surface area contributed by atoms with Crippen molar-refractivity contribution in [1.29, 1.82) is 0 Å². The third-order valence-corrected chi connectivity index (χ3v) is 3.96. The topological polar surface area (TPSA) is 72.5 Å². The number of nitrogens with zero attached hydrogens (tertiary/aromatic N) is 3. The summed E-state index contributed by atoms with van der Waals surface area (Å²) in [7, 11) is 0. The Kier molecular flexibility index (Phi) is 1.99. The molecule has 0 amide bonds. The van der Waals surface area contributed by atoms with E-state index in [1.54, 1.807) is 0 Å². The molecule has 0 saturated heterocycles. The van der Waals surface area contributed by atoms with Crippen LogP contribution in [0.15, 0.2) is 24.8 Å². The van der Waals surface area contributed by atoms with Gasteiger partial charge < -0.3 is 15.3 Å². The Balaban J connectivity index is 1.97. The Morgan fingerprint density at radius 1 is 1.33 bits per heavy atom. The van der Waals surface area contributed by atoms with E-state index in [1.165, 1.54) is 5.52 Å². The first kappa shape index (κ1) is 10.1. The number of nitrogens with one attached hydrogen (secondary N) is 1. The minimum Gasteiger partial charge on any atom is -0.346 e. The number of nitrogens with two attached hydrogens (primary N) is 1. The normalized spacial score (nSPS) is 24.3. The summed E-state index contributed by atoms with van der Waals surface area (Å²) in [6, 6.07) is 2.87. The number of aromatic nitrogens is 4. The smallest absolute Gasteiger partial charge is 0.139 e. The van der Waals surface area contributed by atoms with Crippen molar-refractivity contribution in [3.05, 3.63) is 24.8 Å². The molecule has 0 aliphatic heterocycles. The number of imidazole rings is 1. The average Bonchev–Trinajstić information content (AvgIpc) is 3.03. The van der Waals surface area contributed by atoms with Crippen LogP contribution in [0.1, 0.15) is 25.3 Å². The van der Waals surface area contributed by atoms with Gasteiger partial charge in [0, 0.05) is 23.7 Å². The van der Waals surface area contributed by atoms with Gasteiger partial charge >= 0.3 is 0 Å². The predicted molar refractivity (Wildman–Crippen MR) is 70.2 cm³/mol. The summed E-state index contributed by atoms with van der Waals surface area (Å²) in [4.78, 5) is 12.0. The molecule has 2 unspecified atom stereocenters. The summed E-state index contributed by atoms with van der Waals surface area (Å²) >= 11 is 0. The van der Waals surface area contributed by atoms with E-state index in [-0.39, 0.29) is 0 Å². The minimum absolute atomic E-state index is 0.330. The average molecular weight is 241 g/mol. The molecule has 1 saturated carbocycles. The second-order valence-electron chi connectivity index (χ2n) is 5.11. The summed E-state index contributed by atoms with van der Waals surface area (Å²) in [6.07, 6.45) is 8.97. The molecule has 0 radical (unpaired) electrons. The van der Waals surface area contributed by atoms with Crippen molar-refractivity contribution in [3.63, 3.8) is 0 Å². The van der Waals surface area contributed by atoms with Crippen molar-refractivity contribution in [2.45, 2.75) is 31.3 Å². The molecule has 0 aromatic carbocycles. The van der Waals surface area contributed by atoms with E-state index in [9.17, 15) is 0 Å². The van der Waals surface area contributed by atoms with Gasteiger partial charge in [-0.25, -0.2) is 9.97 Å². The molecule has 3 heterocycles. The quantitative estimate of drug-likeness (QED) is 0.684. The van der Waals surface area contributed by atoms with Gasteiger partial charge in [0.1, 0.15) is 11.2 Å². The van der Waals surface area contributed by atoms with E-state index in [2.05, 4.69) is 25.6 Å². The molecule has 3 aromatic heterocycles. The first-order chi connectivity index (χ1) is 8.83. The molecule has 1 fully saturated rings. The molecule has 4 rings (SSSR count).